The highest BCUT2D eigenvalue weighted by molar-refractivity contribution is 7.91. The summed E-state index contributed by atoms with van der Waals surface area (Å²) >= 11 is 3.00. The van der Waals surface area contributed by atoms with E-state index in [9.17, 15) is 18.0 Å². The molecule has 0 unspecified atom stereocenters. The fourth-order valence-corrected chi connectivity index (χ4v) is 7.78. The average molecular weight is 526 g/mol. The molecule has 180 valence electrons. The molecule has 0 bridgehead atoms. The van der Waals surface area contributed by atoms with Gasteiger partial charge in [0.2, 0.25) is 11.8 Å². The highest BCUT2D eigenvalue weighted by Crippen LogP contribution is 2.45. The molecule has 2 aromatic heterocycles. The van der Waals surface area contributed by atoms with Crippen LogP contribution in [0, 0.1) is 0 Å². The van der Waals surface area contributed by atoms with E-state index in [1.807, 2.05) is 24.3 Å². The van der Waals surface area contributed by atoms with Crippen LogP contribution in [-0.2, 0) is 32.4 Å². The molecule has 35 heavy (non-hydrogen) atoms. The van der Waals surface area contributed by atoms with Gasteiger partial charge in [-0.2, -0.15) is 0 Å². The van der Waals surface area contributed by atoms with Crippen LogP contribution in [0.5, 0.6) is 0 Å². The number of nitrogens with zero attached hydrogens (tertiary/aromatic N) is 2. The Morgan fingerprint density at radius 1 is 1.06 bits per heavy atom. The highest BCUT2D eigenvalue weighted by Gasteiger charge is 2.29. The van der Waals surface area contributed by atoms with Gasteiger partial charge in [-0.25, -0.2) is 13.4 Å². The molecule has 0 saturated heterocycles. The molecule has 1 aliphatic rings. The van der Waals surface area contributed by atoms with Gasteiger partial charge in [0.1, 0.15) is 10.0 Å². The normalized spacial score (nSPS) is 13.6. The molecule has 0 fully saturated rings. The van der Waals surface area contributed by atoms with Crippen molar-refractivity contribution >= 4 is 59.5 Å². The first-order valence-electron chi connectivity index (χ1n) is 11.2. The van der Waals surface area contributed by atoms with Crippen LogP contribution in [0.25, 0.3) is 20.8 Å². The molecule has 2 aromatic carbocycles. The minimum absolute atomic E-state index is 0.0160. The third kappa shape index (κ3) is 4.86. The second-order valence-electron chi connectivity index (χ2n) is 8.32. The Labute approximate surface area is 211 Å². The van der Waals surface area contributed by atoms with Gasteiger partial charge in [0.25, 0.3) is 0 Å². The summed E-state index contributed by atoms with van der Waals surface area (Å²) in [6.07, 6.45) is 0.521. The number of fused-ring (bicyclic) bond motifs is 2. The summed E-state index contributed by atoms with van der Waals surface area (Å²) in [5, 5.41) is 4.42. The molecule has 0 radical (unpaired) electrons. The van der Waals surface area contributed by atoms with Gasteiger partial charge in [-0.05, 0) is 36.2 Å². The Kier molecular flexibility index (Phi) is 6.43. The molecule has 0 atom stereocenters. The number of hydrogen-bond donors (Lipinski definition) is 1. The van der Waals surface area contributed by atoms with Crippen LogP contribution in [0.3, 0.4) is 0 Å². The average Bonchev–Trinajstić information content (AvgIpc) is 3.43. The molecule has 0 saturated carbocycles. The van der Waals surface area contributed by atoms with E-state index in [0.29, 0.717) is 24.5 Å². The number of carbonyl (C=O) groups excluding carboxylic acids is 2. The number of thiazole rings is 1. The second-order valence-corrected chi connectivity index (χ2v) is 12.6. The van der Waals surface area contributed by atoms with E-state index in [-0.39, 0.29) is 28.9 Å². The third-order valence-electron chi connectivity index (χ3n) is 5.96. The van der Waals surface area contributed by atoms with E-state index in [1.54, 1.807) is 41.4 Å². The summed E-state index contributed by atoms with van der Waals surface area (Å²) in [6.45, 7) is 2.66. The highest BCUT2D eigenvalue weighted by atomic mass is 32.2. The predicted octanol–water partition coefficient (Wildman–Crippen LogP) is 4.73. The number of carbonyl (C=O) groups is 2. The van der Waals surface area contributed by atoms with Gasteiger partial charge in [-0.3, -0.25) is 9.59 Å². The first-order chi connectivity index (χ1) is 16.8. The molecule has 0 aliphatic carbocycles. The van der Waals surface area contributed by atoms with E-state index in [4.69, 9.17) is 4.98 Å². The second kappa shape index (κ2) is 9.52. The number of thiophene rings is 1. The number of sulfone groups is 1. The summed E-state index contributed by atoms with van der Waals surface area (Å²) in [5.74, 6) is -0.626. The molecular weight excluding hydrogens is 502 g/mol. The molecule has 0 spiro atoms. The Morgan fingerprint density at radius 2 is 1.80 bits per heavy atom. The number of hydrogen-bond acceptors (Lipinski definition) is 7. The zero-order chi connectivity index (χ0) is 24.6. The van der Waals surface area contributed by atoms with Crippen molar-refractivity contribution in [3.05, 3.63) is 65.0 Å². The van der Waals surface area contributed by atoms with E-state index in [2.05, 4.69) is 5.32 Å². The van der Waals surface area contributed by atoms with Gasteiger partial charge < -0.3 is 10.2 Å². The third-order valence-corrected chi connectivity index (χ3v) is 9.88. The first kappa shape index (κ1) is 23.7. The largest absolute Gasteiger partial charge is 0.337 e. The molecule has 1 aliphatic heterocycles. The van der Waals surface area contributed by atoms with Crippen LogP contribution in [-0.4, -0.2) is 42.4 Å². The number of anilines is 1. The summed E-state index contributed by atoms with van der Waals surface area (Å²) in [6, 6.07) is 16.0. The Hall–Kier alpha value is -3.08. The lowest BCUT2D eigenvalue weighted by Gasteiger charge is -2.26. The van der Waals surface area contributed by atoms with Crippen molar-refractivity contribution in [2.75, 3.05) is 17.6 Å². The maximum absolute atomic E-state index is 12.9. The minimum atomic E-state index is -3.56. The SMILES string of the molecule is CC(=O)N1CCc2c(sc(NC(=O)CCS(=O)(=O)c3ccccc3)c2-c2nc3ccccc3s2)C1. The predicted molar refractivity (Wildman–Crippen MR) is 139 cm³/mol. The summed E-state index contributed by atoms with van der Waals surface area (Å²) < 4.78 is 26.3. The lowest BCUT2D eigenvalue weighted by Crippen LogP contribution is -2.33. The zero-order valence-electron chi connectivity index (χ0n) is 19.0. The van der Waals surface area contributed by atoms with Crippen molar-refractivity contribution in [3.8, 4) is 10.6 Å². The number of benzene rings is 2. The topological polar surface area (TPSA) is 96.4 Å². The van der Waals surface area contributed by atoms with E-state index >= 15 is 0 Å². The van der Waals surface area contributed by atoms with E-state index in [0.717, 1.165) is 31.2 Å². The van der Waals surface area contributed by atoms with Crippen molar-refractivity contribution < 1.29 is 18.0 Å². The molecule has 7 nitrogen and oxygen atoms in total. The van der Waals surface area contributed by atoms with Crippen LogP contribution >= 0.6 is 22.7 Å². The van der Waals surface area contributed by atoms with Crippen molar-refractivity contribution in [3.63, 3.8) is 0 Å². The maximum Gasteiger partial charge on any atom is 0.226 e. The molecule has 2 amide bonds. The molecule has 1 N–H and O–H groups in total. The first-order valence-corrected chi connectivity index (χ1v) is 14.4. The smallest absolute Gasteiger partial charge is 0.226 e. The number of para-hydroxylation sites is 1. The lowest BCUT2D eigenvalue weighted by molar-refractivity contribution is -0.129. The van der Waals surface area contributed by atoms with Gasteiger partial charge in [0.05, 0.1) is 27.4 Å². The fourth-order valence-electron chi connectivity index (χ4n) is 4.13. The quantitative estimate of drug-likeness (QED) is 0.393. The monoisotopic (exact) mass is 525 g/mol. The van der Waals surface area contributed by atoms with Gasteiger partial charge in [0, 0.05) is 30.3 Å². The number of rotatable bonds is 6. The molecule has 10 heteroatoms. The van der Waals surface area contributed by atoms with E-state index in [1.165, 1.54) is 23.5 Å². The number of aromatic nitrogens is 1. The van der Waals surface area contributed by atoms with Crippen LogP contribution in [0.15, 0.2) is 59.5 Å². The Morgan fingerprint density at radius 3 is 2.54 bits per heavy atom. The number of nitrogens with one attached hydrogen (secondary N) is 1. The van der Waals surface area contributed by atoms with Crippen molar-refractivity contribution in [2.45, 2.75) is 31.2 Å². The minimum Gasteiger partial charge on any atom is -0.337 e. The molecule has 4 aromatic rings. The van der Waals surface area contributed by atoms with Crippen LogP contribution < -0.4 is 5.32 Å². The van der Waals surface area contributed by atoms with Gasteiger partial charge in [-0.15, -0.1) is 22.7 Å². The fraction of sp³-hybridized carbons (Fsp3) is 0.240. The maximum atomic E-state index is 12.9. The number of amides is 2. The van der Waals surface area contributed by atoms with Gasteiger partial charge in [0.15, 0.2) is 9.84 Å². The molecule has 3 heterocycles. The van der Waals surface area contributed by atoms with Crippen molar-refractivity contribution in [1.29, 1.82) is 0 Å². The van der Waals surface area contributed by atoms with Crippen molar-refractivity contribution in [1.82, 2.24) is 9.88 Å². The van der Waals surface area contributed by atoms with Gasteiger partial charge in [-0.1, -0.05) is 30.3 Å². The standard InChI is InChI=1S/C25H23N3O4S3/c1-16(29)28-13-11-18-21(15-28)34-25(23(18)24-26-19-9-5-6-10-20(19)33-24)27-22(30)12-14-35(31,32)17-7-3-2-4-8-17/h2-10H,11-15H2,1H3,(H,27,30). The Bertz CT molecular complexity index is 1490. The summed E-state index contributed by atoms with van der Waals surface area (Å²) in [4.78, 5) is 32.7. The van der Waals surface area contributed by atoms with Crippen LogP contribution in [0.1, 0.15) is 23.8 Å². The van der Waals surface area contributed by atoms with Crippen LogP contribution in [0.2, 0.25) is 0 Å². The zero-order valence-corrected chi connectivity index (χ0v) is 21.4. The molecule has 5 rings (SSSR count). The van der Waals surface area contributed by atoms with Gasteiger partial charge >= 0.3 is 0 Å². The lowest BCUT2D eigenvalue weighted by atomic mass is 10.0. The Balaban J connectivity index is 1.44. The van der Waals surface area contributed by atoms with Crippen molar-refractivity contribution in [2.24, 2.45) is 0 Å². The molecular formula is C25H23N3O4S3. The van der Waals surface area contributed by atoms with Crippen LogP contribution in [0.4, 0.5) is 5.00 Å². The summed E-state index contributed by atoms with van der Waals surface area (Å²) in [7, 11) is -3.56. The summed E-state index contributed by atoms with van der Waals surface area (Å²) in [5.41, 5.74) is 2.87. The van der Waals surface area contributed by atoms with E-state index < -0.39 is 9.84 Å².